The van der Waals surface area contributed by atoms with Crippen LogP contribution in [0.15, 0.2) is 24.4 Å². The van der Waals surface area contributed by atoms with Gasteiger partial charge in [0.1, 0.15) is 10.8 Å². The van der Waals surface area contributed by atoms with E-state index in [1.54, 1.807) is 12.1 Å². The van der Waals surface area contributed by atoms with Gasteiger partial charge in [0.2, 0.25) is 11.9 Å². The number of nitrogens with one attached hydrogen (secondary N) is 3. The Kier molecular flexibility index (Phi) is 7.80. The average molecular weight is 541 g/mol. The second-order valence-corrected chi connectivity index (χ2v) is 10.8. The van der Waals surface area contributed by atoms with Crippen molar-refractivity contribution in [3.05, 3.63) is 52.1 Å². The second kappa shape index (κ2) is 11.2. The van der Waals surface area contributed by atoms with Crippen molar-refractivity contribution >= 4 is 40.8 Å². The lowest BCUT2D eigenvalue weighted by atomic mass is 9.85. The van der Waals surface area contributed by atoms with E-state index in [-0.39, 0.29) is 23.6 Å². The molecule has 11 heteroatoms. The summed E-state index contributed by atoms with van der Waals surface area (Å²) < 4.78 is 15.2. The number of benzene rings is 1. The molecule has 0 saturated carbocycles. The quantitative estimate of drug-likeness (QED) is 0.397. The van der Waals surface area contributed by atoms with Gasteiger partial charge in [-0.15, -0.1) is 0 Å². The first kappa shape index (κ1) is 26.4. The lowest BCUT2D eigenvalue weighted by Crippen LogP contribution is -2.44. The zero-order chi connectivity index (χ0) is 26.8. The fourth-order valence-corrected chi connectivity index (χ4v) is 5.53. The largest absolute Gasteiger partial charge is 0.342 e. The third-order valence-electron chi connectivity index (χ3n) is 7.61. The van der Waals surface area contributed by atoms with Crippen molar-refractivity contribution in [1.29, 1.82) is 0 Å². The summed E-state index contributed by atoms with van der Waals surface area (Å²) >= 11 is 6.25. The molecule has 3 aromatic rings. The number of piperidine rings is 2. The molecule has 2 aliphatic rings. The Morgan fingerprint density at radius 3 is 2.50 bits per heavy atom. The number of nitrogens with zero attached hydrogens (tertiary/aromatic N) is 5. The molecule has 1 aromatic carbocycles. The predicted molar refractivity (Wildman–Crippen MR) is 147 cm³/mol. The molecule has 9 nitrogen and oxygen atoms in total. The highest BCUT2D eigenvalue weighted by atomic mass is 35.5. The van der Waals surface area contributed by atoms with Crippen LogP contribution >= 0.6 is 11.6 Å². The van der Waals surface area contributed by atoms with E-state index in [1.807, 2.05) is 24.8 Å². The Labute approximate surface area is 227 Å². The maximum absolute atomic E-state index is 15.2. The highest BCUT2D eigenvalue weighted by Crippen LogP contribution is 2.34. The van der Waals surface area contributed by atoms with Gasteiger partial charge in [-0.2, -0.15) is 10.1 Å². The number of aryl methyl sites for hydroxylation is 2. The van der Waals surface area contributed by atoms with Crippen molar-refractivity contribution in [2.75, 3.05) is 43.9 Å². The number of carbonyl (C=O) groups is 1. The van der Waals surface area contributed by atoms with Crippen LogP contribution in [0.4, 0.5) is 27.7 Å². The van der Waals surface area contributed by atoms with Crippen molar-refractivity contribution in [3.63, 3.8) is 0 Å². The molecule has 1 amide bonds. The van der Waals surface area contributed by atoms with E-state index in [2.05, 4.69) is 42.7 Å². The van der Waals surface area contributed by atoms with Crippen molar-refractivity contribution in [1.82, 2.24) is 30.0 Å². The Morgan fingerprint density at radius 2 is 1.82 bits per heavy atom. The number of halogens is 2. The third-order valence-corrected chi connectivity index (χ3v) is 7.89. The molecule has 0 unspecified atom stereocenters. The Hall–Kier alpha value is -3.24. The lowest BCUT2D eigenvalue weighted by molar-refractivity contribution is -0.138. The monoisotopic (exact) mass is 540 g/mol. The molecule has 2 fully saturated rings. The molecule has 2 saturated heterocycles. The van der Waals surface area contributed by atoms with Gasteiger partial charge in [-0.3, -0.25) is 9.89 Å². The normalized spacial score (nSPS) is 17.6. The summed E-state index contributed by atoms with van der Waals surface area (Å²) in [5.41, 5.74) is 3.18. The van der Waals surface area contributed by atoms with Crippen molar-refractivity contribution in [2.45, 2.75) is 45.4 Å². The van der Waals surface area contributed by atoms with Crippen molar-refractivity contribution in [3.8, 4) is 0 Å². The molecule has 2 aliphatic heterocycles. The van der Waals surface area contributed by atoms with Crippen LogP contribution in [0.1, 0.15) is 48.4 Å². The molecule has 0 spiro atoms. The average Bonchev–Trinajstić information content (AvgIpc) is 3.32. The molecule has 0 radical (unpaired) electrons. The fourth-order valence-electron chi connectivity index (χ4n) is 5.40. The highest BCUT2D eigenvalue weighted by molar-refractivity contribution is 6.32. The molecule has 4 heterocycles. The minimum Gasteiger partial charge on any atom is -0.342 e. The van der Waals surface area contributed by atoms with Gasteiger partial charge in [0.25, 0.3) is 0 Å². The number of rotatable bonds is 6. The van der Waals surface area contributed by atoms with Crippen molar-refractivity contribution < 1.29 is 9.18 Å². The highest BCUT2D eigenvalue weighted by Gasteiger charge is 2.31. The van der Waals surface area contributed by atoms with E-state index in [0.29, 0.717) is 28.3 Å². The summed E-state index contributed by atoms with van der Waals surface area (Å²) in [4.78, 5) is 25.9. The minimum absolute atomic E-state index is 0.140. The summed E-state index contributed by atoms with van der Waals surface area (Å²) in [5.74, 6) is 1.44. The molecule has 0 atom stereocenters. The van der Waals surface area contributed by atoms with E-state index in [1.165, 1.54) is 6.20 Å². The van der Waals surface area contributed by atoms with Crippen LogP contribution in [-0.4, -0.2) is 69.1 Å². The number of amides is 1. The Morgan fingerprint density at radius 1 is 1.08 bits per heavy atom. The van der Waals surface area contributed by atoms with E-state index in [4.69, 9.17) is 11.6 Å². The standard InChI is InChI=1S/C27H34ClFN8O/c1-16-12-23(31-27-30-15-21(28)25(33-27)32-24-13-17(2)34-35-24)22(29)14-20(16)18-6-10-37(11-7-18)26(38)19-4-8-36(3)9-5-19/h12-15,18-19H,4-11H2,1-3H3,(H3,30,31,32,33,34,35). The van der Waals surface area contributed by atoms with E-state index in [0.717, 1.165) is 68.7 Å². The number of hydrogen-bond donors (Lipinski definition) is 3. The summed E-state index contributed by atoms with van der Waals surface area (Å²) in [6.45, 7) is 7.29. The van der Waals surface area contributed by atoms with E-state index in [9.17, 15) is 4.79 Å². The Balaban J connectivity index is 1.23. The summed E-state index contributed by atoms with van der Waals surface area (Å²) in [6, 6.07) is 5.23. The van der Waals surface area contributed by atoms with E-state index < -0.39 is 0 Å². The molecular formula is C27H34ClFN8O. The van der Waals surface area contributed by atoms with Crippen LogP contribution in [0, 0.1) is 25.6 Å². The number of aromatic amines is 1. The zero-order valence-electron chi connectivity index (χ0n) is 22.0. The first-order valence-corrected chi connectivity index (χ1v) is 13.5. The van der Waals surface area contributed by atoms with Crippen LogP contribution in [0.3, 0.4) is 0 Å². The topological polar surface area (TPSA) is 102 Å². The van der Waals surface area contributed by atoms with Gasteiger partial charge in [0.15, 0.2) is 11.6 Å². The van der Waals surface area contributed by atoms with Gasteiger partial charge in [0.05, 0.1) is 11.9 Å². The van der Waals surface area contributed by atoms with Crippen LogP contribution < -0.4 is 10.6 Å². The van der Waals surface area contributed by atoms with Gasteiger partial charge in [0, 0.05) is 30.8 Å². The number of carbonyl (C=O) groups excluding carboxylic acids is 1. The lowest BCUT2D eigenvalue weighted by Gasteiger charge is -2.37. The first-order chi connectivity index (χ1) is 18.3. The summed E-state index contributed by atoms with van der Waals surface area (Å²) in [5, 5.41) is 13.3. The SMILES string of the molecule is Cc1cc(Nc2nc(Nc3cc(C)c(C4CCN(C(=O)C5CCN(C)CC5)CC4)cc3F)ncc2Cl)n[nH]1. The molecule has 202 valence electrons. The number of likely N-dealkylation sites (tertiary alicyclic amines) is 2. The zero-order valence-corrected chi connectivity index (χ0v) is 22.8. The molecular weight excluding hydrogens is 507 g/mol. The van der Waals surface area contributed by atoms with Crippen molar-refractivity contribution in [2.24, 2.45) is 5.92 Å². The van der Waals surface area contributed by atoms with Crippen LogP contribution in [-0.2, 0) is 4.79 Å². The van der Waals surface area contributed by atoms with Gasteiger partial charge in [-0.1, -0.05) is 11.6 Å². The van der Waals surface area contributed by atoms with Gasteiger partial charge in [-0.05, 0) is 88.8 Å². The molecule has 3 N–H and O–H groups in total. The predicted octanol–water partition coefficient (Wildman–Crippen LogP) is 5.14. The van der Waals surface area contributed by atoms with Gasteiger partial charge >= 0.3 is 0 Å². The Bertz CT molecular complexity index is 1300. The maximum atomic E-state index is 15.2. The minimum atomic E-state index is -0.369. The number of anilines is 4. The molecule has 2 aromatic heterocycles. The van der Waals surface area contributed by atoms with Crippen LogP contribution in [0.2, 0.25) is 5.02 Å². The van der Waals surface area contributed by atoms with Gasteiger partial charge < -0.3 is 20.4 Å². The van der Waals surface area contributed by atoms with Crippen LogP contribution in [0.25, 0.3) is 0 Å². The fraction of sp³-hybridized carbons (Fsp3) is 0.481. The van der Waals surface area contributed by atoms with Gasteiger partial charge in [-0.25, -0.2) is 9.37 Å². The molecule has 0 aliphatic carbocycles. The number of hydrogen-bond acceptors (Lipinski definition) is 7. The smallest absolute Gasteiger partial charge is 0.229 e. The number of aromatic nitrogens is 4. The third kappa shape index (κ3) is 5.91. The molecule has 0 bridgehead atoms. The maximum Gasteiger partial charge on any atom is 0.229 e. The molecule has 38 heavy (non-hydrogen) atoms. The number of H-pyrrole nitrogens is 1. The molecule has 5 rings (SSSR count). The van der Waals surface area contributed by atoms with E-state index >= 15 is 4.39 Å². The second-order valence-electron chi connectivity index (χ2n) is 10.4. The summed E-state index contributed by atoms with van der Waals surface area (Å²) in [7, 11) is 2.11. The van der Waals surface area contributed by atoms with Crippen LogP contribution in [0.5, 0.6) is 0 Å². The first-order valence-electron chi connectivity index (χ1n) is 13.1. The summed E-state index contributed by atoms with van der Waals surface area (Å²) in [6.07, 6.45) is 5.01.